The van der Waals surface area contributed by atoms with Gasteiger partial charge in [-0.15, -0.1) is 28.2 Å². The fraction of sp³-hybridized carbons (Fsp3) is 0.375. The first-order valence-electron chi connectivity index (χ1n) is 9.47. The van der Waals surface area contributed by atoms with Crippen LogP contribution in [0.25, 0.3) is 0 Å². The number of carbonyl (C=O) groups is 3. The topological polar surface area (TPSA) is 225 Å². The van der Waals surface area contributed by atoms with E-state index in [-0.39, 0.29) is 70.7 Å². The number of carbonyl (C=O) groups excluding carboxylic acids is 3. The van der Waals surface area contributed by atoms with Crippen molar-refractivity contribution in [2.24, 2.45) is 5.16 Å². The molecule has 0 radical (unpaired) electrons. The minimum Gasteiger partial charge on any atom is -0.543 e. The number of nitrogens with two attached hydrogens (primary N) is 1. The van der Waals surface area contributed by atoms with Gasteiger partial charge < -0.3 is 31.3 Å². The number of thioether (sulfide) groups is 2. The number of nitrogen functional groups attached to an aromatic ring is 1. The third-order valence-corrected chi connectivity index (χ3v) is 7.85. The maximum atomic E-state index is 12.8. The van der Waals surface area contributed by atoms with Gasteiger partial charge in [0.05, 0.1) is 24.8 Å². The van der Waals surface area contributed by atoms with Crippen molar-refractivity contribution in [3.05, 3.63) is 22.3 Å². The number of nitrogens with one attached hydrogen (secondary N) is 1. The molecule has 4 heterocycles. The zero-order valence-electron chi connectivity index (χ0n) is 18.0. The third kappa shape index (κ3) is 5.47. The van der Waals surface area contributed by atoms with Crippen LogP contribution in [0, 0.1) is 0 Å². The molecule has 180 valence electrons. The van der Waals surface area contributed by atoms with E-state index in [0.717, 1.165) is 28.0 Å². The number of hydrogen-bond acceptors (Lipinski definition) is 15. The molecule has 0 saturated carbocycles. The van der Waals surface area contributed by atoms with Gasteiger partial charge in [-0.25, -0.2) is 9.67 Å². The molecule has 2 atom stereocenters. The summed E-state index contributed by atoms with van der Waals surface area (Å²) in [5, 5.41) is 48.0. The first-order chi connectivity index (χ1) is 16.3. The molecule has 15 nitrogen and oxygen atoms in total. The summed E-state index contributed by atoms with van der Waals surface area (Å²) in [6.07, 6.45) is 0. The number of aliphatic hydroxyl groups is 1. The molecule has 1 saturated heterocycles. The van der Waals surface area contributed by atoms with E-state index in [4.69, 9.17) is 10.8 Å². The summed E-state index contributed by atoms with van der Waals surface area (Å²) in [4.78, 5) is 42.2. The Kier molecular flexibility index (Phi) is 9.13. The van der Waals surface area contributed by atoms with Crippen LogP contribution < -0.4 is 45.7 Å². The van der Waals surface area contributed by atoms with Crippen LogP contribution in [0.3, 0.4) is 0 Å². The minimum atomic E-state index is -1.52. The maximum absolute atomic E-state index is 12.8. The molecular formula is C16H16N9NaO6S3. The Labute approximate surface area is 231 Å². The quantitative estimate of drug-likeness (QED) is 0.0571. The van der Waals surface area contributed by atoms with Crippen molar-refractivity contribution in [2.45, 2.75) is 23.1 Å². The van der Waals surface area contributed by atoms with Crippen molar-refractivity contribution in [1.29, 1.82) is 0 Å². The zero-order chi connectivity index (χ0) is 24.4. The Balaban J connectivity index is 0.00000342. The number of β-lactam (4-membered cyclic amide) rings is 1. The van der Waals surface area contributed by atoms with Crippen LogP contribution >= 0.6 is 34.9 Å². The van der Waals surface area contributed by atoms with Gasteiger partial charge in [0.15, 0.2) is 10.8 Å². The van der Waals surface area contributed by atoms with Crippen LogP contribution in [0.1, 0.15) is 5.69 Å². The summed E-state index contributed by atoms with van der Waals surface area (Å²) >= 11 is 3.46. The SMILES string of the molecule is Nc1nc(C(=NO)C(=O)NC2C(=O)N3C(C(=O)[O-])=C(CSc4nnnn4CCO)CS[C@@H]23)cs1.[Na+]. The van der Waals surface area contributed by atoms with Crippen molar-refractivity contribution in [3.8, 4) is 0 Å². The van der Waals surface area contributed by atoms with Gasteiger partial charge in [0.1, 0.15) is 17.1 Å². The van der Waals surface area contributed by atoms with Gasteiger partial charge in [-0.05, 0) is 16.0 Å². The molecule has 2 aliphatic rings. The number of carboxylic acid groups (broad SMARTS) is 1. The Hall–Kier alpha value is -2.22. The summed E-state index contributed by atoms with van der Waals surface area (Å²) < 4.78 is 1.37. The number of rotatable bonds is 9. The van der Waals surface area contributed by atoms with E-state index >= 15 is 0 Å². The summed E-state index contributed by atoms with van der Waals surface area (Å²) in [6.45, 7) is 0.00817. The van der Waals surface area contributed by atoms with Gasteiger partial charge in [-0.3, -0.25) is 14.5 Å². The Morgan fingerprint density at radius 3 is 2.83 bits per heavy atom. The Morgan fingerprint density at radius 2 is 2.20 bits per heavy atom. The van der Waals surface area contributed by atoms with Crippen LogP contribution in [0.2, 0.25) is 0 Å². The number of aliphatic carboxylic acids is 1. The van der Waals surface area contributed by atoms with Crippen LogP contribution in [0.4, 0.5) is 5.13 Å². The Bertz CT molecular complexity index is 1200. The fourth-order valence-corrected chi connectivity index (χ4v) is 6.22. The number of nitrogens with zero attached hydrogens (tertiary/aromatic N) is 7. The van der Waals surface area contributed by atoms with Crippen molar-refractivity contribution >= 4 is 63.5 Å². The van der Waals surface area contributed by atoms with Crippen LogP contribution in [0.15, 0.2) is 27.0 Å². The Morgan fingerprint density at radius 1 is 1.43 bits per heavy atom. The molecule has 5 N–H and O–H groups in total. The molecule has 4 rings (SSSR count). The molecular weight excluding hydrogens is 533 g/mol. The summed E-state index contributed by atoms with van der Waals surface area (Å²) in [7, 11) is 0. The molecule has 0 aromatic carbocycles. The molecule has 2 aromatic rings. The number of fused-ring (bicyclic) bond motifs is 1. The monoisotopic (exact) mass is 549 g/mol. The number of amides is 2. The van der Waals surface area contributed by atoms with E-state index in [9.17, 15) is 24.7 Å². The first-order valence-corrected chi connectivity index (χ1v) is 12.4. The molecule has 0 bridgehead atoms. The van der Waals surface area contributed by atoms with E-state index in [1.54, 1.807) is 0 Å². The fourth-order valence-electron chi connectivity index (χ4n) is 3.29. The zero-order valence-corrected chi connectivity index (χ0v) is 22.5. The number of tetrazole rings is 1. The van der Waals surface area contributed by atoms with Gasteiger partial charge in [0.25, 0.3) is 11.8 Å². The van der Waals surface area contributed by atoms with Crippen LogP contribution in [-0.4, -0.2) is 93.4 Å². The smallest absolute Gasteiger partial charge is 0.543 e. The molecule has 35 heavy (non-hydrogen) atoms. The second-order valence-electron chi connectivity index (χ2n) is 6.82. The number of anilines is 1. The van der Waals surface area contributed by atoms with E-state index < -0.39 is 34.9 Å². The first kappa shape index (κ1) is 27.4. The van der Waals surface area contributed by atoms with Crippen molar-refractivity contribution in [2.75, 3.05) is 23.8 Å². The number of carboxylic acids is 1. The maximum Gasteiger partial charge on any atom is 1.00 e. The van der Waals surface area contributed by atoms with Crippen LogP contribution in [0.5, 0.6) is 0 Å². The molecule has 1 unspecified atom stereocenters. The average molecular weight is 550 g/mol. The standard InChI is InChI=1S/C16H17N9O6S3.Na/c17-15-18-7(5-33-15)8(21-31)11(27)19-9-12(28)25-10(14(29)30)6(3-32-13(9)25)4-34-16-20-22-23-24(16)1-2-26;/h5,9,13,26,31H,1-4H2,(H2,17,18)(H,19,27)(H,29,30);/q;+1/p-1/t9?,13-;/m0./s1. The minimum absolute atomic E-state index is 0. The van der Waals surface area contributed by atoms with Crippen LogP contribution in [-0.2, 0) is 20.9 Å². The molecule has 19 heteroatoms. The molecule has 2 aromatic heterocycles. The summed E-state index contributed by atoms with van der Waals surface area (Å²) in [5.74, 6) is -2.61. The van der Waals surface area contributed by atoms with Gasteiger partial charge >= 0.3 is 29.6 Å². The number of oxime groups is 1. The van der Waals surface area contributed by atoms with Crippen molar-refractivity contribution < 1.29 is 59.4 Å². The van der Waals surface area contributed by atoms with Crippen molar-refractivity contribution in [1.82, 2.24) is 35.4 Å². The molecule has 2 aliphatic heterocycles. The van der Waals surface area contributed by atoms with Gasteiger partial charge in [0, 0.05) is 16.9 Å². The molecule has 0 aliphatic carbocycles. The second-order valence-corrected chi connectivity index (χ2v) is 9.75. The van der Waals surface area contributed by atoms with Gasteiger partial charge in [-0.2, -0.15) is 0 Å². The third-order valence-electron chi connectivity index (χ3n) is 4.79. The predicted octanol–water partition coefficient (Wildman–Crippen LogP) is -5.92. The van der Waals surface area contributed by atoms with Gasteiger partial charge in [-0.1, -0.05) is 16.9 Å². The second kappa shape index (κ2) is 11.7. The number of hydrogen-bond donors (Lipinski definition) is 4. The van der Waals surface area contributed by atoms with Gasteiger partial charge in [0.2, 0.25) is 5.16 Å². The summed E-state index contributed by atoms with van der Waals surface area (Å²) in [6, 6.07) is -1.04. The van der Waals surface area contributed by atoms with E-state index in [1.807, 2.05) is 0 Å². The van der Waals surface area contributed by atoms with Crippen molar-refractivity contribution in [3.63, 3.8) is 0 Å². The number of aliphatic hydroxyl groups excluding tert-OH is 1. The van der Waals surface area contributed by atoms with E-state index in [2.05, 4.69) is 31.0 Å². The number of thiazole rings is 1. The number of aromatic nitrogens is 5. The molecule has 1 fully saturated rings. The molecule has 0 spiro atoms. The van der Waals surface area contributed by atoms with E-state index in [0.29, 0.717) is 10.7 Å². The average Bonchev–Trinajstić information content (AvgIpc) is 3.44. The molecule has 2 amide bonds. The summed E-state index contributed by atoms with van der Waals surface area (Å²) in [5.41, 5.74) is 5.32. The predicted molar refractivity (Wildman–Crippen MR) is 118 cm³/mol. The van der Waals surface area contributed by atoms with E-state index in [1.165, 1.54) is 21.8 Å². The largest absolute Gasteiger partial charge is 1.00 e. The normalized spacial score (nSPS) is 19.6.